The number of halogens is 1. The quantitative estimate of drug-likeness (QED) is 0.903. The summed E-state index contributed by atoms with van der Waals surface area (Å²) in [4.78, 5) is 19.7. The minimum absolute atomic E-state index is 0.0322. The molecule has 142 valence electrons. The molecule has 1 saturated carbocycles. The van der Waals surface area contributed by atoms with E-state index in [0.717, 1.165) is 48.2 Å². The number of carbonyl (C=O) groups is 1. The van der Waals surface area contributed by atoms with Gasteiger partial charge >= 0.3 is 0 Å². The zero-order chi connectivity index (χ0) is 19.0. The fourth-order valence-corrected chi connectivity index (χ4v) is 4.37. The summed E-state index contributed by atoms with van der Waals surface area (Å²) in [6.07, 6.45) is 4.52. The Morgan fingerprint density at radius 1 is 1.26 bits per heavy atom. The van der Waals surface area contributed by atoms with Crippen LogP contribution in [0.25, 0.3) is 0 Å². The molecular weight excluding hydrogens is 343 g/mol. The number of nitrogens with zero attached hydrogens (tertiary/aromatic N) is 2. The molecule has 4 rings (SSSR count). The molecule has 1 aromatic carbocycles. The number of rotatable bonds is 3. The summed E-state index contributed by atoms with van der Waals surface area (Å²) >= 11 is 0. The number of pyridine rings is 1. The highest BCUT2D eigenvalue weighted by Gasteiger charge is 2.35. The van der Waals surface area contributed by atoms with Gasteiger partial charge in [0.2, 0.25) is 0 Å². The lowest BCUT2D eigenvalue weighted by atomic mass is 9.89. The number of benzene rings is 1. The molecule has 1 aromatic heterocycles. The molecule has 2 atom stereocenters. The van der Waals surface area contributed by atoms with Gasteiger partial charge in [-0.15, -0.1) is 0 Å². The monoisotopic (exact) mass is 368 g/mol. The third-order valence-electron chi connectivity index (χ3n) is 5.86. The standard InChI is InChI=1S/C22H25FN2O2/c1-14-16(11-15-5-4-6-17(23)12-15)13-18-19(24-14)9-10-25(22(18)27)20-7-2-3-8-21(20)26/h4-6,12-13,20-21,26H,2-3,7-11H2,1H3/t20-,21-/m0/s1. The summed E-state index contributed by atoms with van der Waals surface area (Å²) in [5, 5.41) is 10.4. The number of aryl methyl sites for hydroxylation is 1. The van der Waals surface area contributed by atoms with Crippen molar-refractivity contribution in [3.05, 3.63) is 64.2 Å². The van der Waals surface area contributed by atoms with Crippen LogP contribution in [0.15, 0.2) is 30.3 Å². The first-order chi connectivity index (χ1) is 13.0. The molecule has 0 bridgehead atoms. The van der Waals surface area contributed by atoms with E-state index in [9.17, 15) is 14.3 Å². The maximum Gasteiger partial charge on any atom is 0.256 e. The second kappa shape index (κ2) is 7.39. The fourth-order valence-electron chi connectivity index (χ4n) is 4.37. The topological polar surface area (TPSA) is 53.4 Å². The minimum atomic E-state index is -0.436. The van der Waals surface area contributed by atoms with Crippen molar-refractivity contribution in [3.63, 3.8) is 0 Å². The van der Waals surface area contributed by atoms with Crippen molar-refractivity contribution in [2.75, 3.05) is 6.54 Å². The Balaban J connectivity index is 1.63. The van der Waals surface area contributed by atoms with Crippen molar-refractivity contribution in [1.82, 2.24) is 9.88 Å². The van der Waals surface area contributed by atoms with E-state index in [1.165, 1.54) is 12.1 Å². The Labute approximate surface area is 159 Å². The van der Waals surface area contributed by atoms with E-state index < -0.39 is 6.10 Å². The maximum atomic E-state index is 13.5. The molecule has 1 amide bonds. The third-order valence-corrected chi connectivity index (χ3v) is 5.86. The van der Waals surface area contributed by atoms with E-state index in [2.05, 4.69) is 4.98 Å². The summed E-state index contributed by atoms with van der Waals surface area (Å²) in [5.74, 6) is -0.292. The minimum Gasteiger partial charge on any atom is -0.391 e. The fraction of sp³-hybridized carbons (Fsp3) is 0.455. The van der Waals surface area contributed by atoms with Crippen LogP contribution in [-0.2, 0) is 12.8 Å². The van der Waals surface area contributed by atoms with E-state index >= 15 is 0 Å². The summed E-state index contributed by atoms with van der Waals surface area (Å²) in [7, 11) is 0. The van der Waals surface area contributed by atoms with Crippen molar-refractivity contribution < 1.29 is 14.3 Å². The first-order valence-corrected chi connectivity index (χ1v) is 9.76. The van der Waals surface area contributed by atoms with Crippen molar-refractivity contribution in [3.8, 4) is 0 Å². The summed E-state index contributed by atoms with van der Waals surface area (Å²) < 4.78 is 13.5. The molecule has 1 aliphatic heterocycles. The highest BCUT2D eigenvalue weighted by atomic mass is 19.1. The molecule has 1 fully saturated rings. The number of aliphatic hydroxyl groups is 1. The molecule has 0 spiro atoms. The summed E-state index contributed by atoms with van der Waals surface area (Å²) in [6, 6.07) is 8.36. The largest absolute Gasteiger partial charge is 0.391 e. The molecule has 1 aliphatic carbocycles. The first-order valence-electron chi connectivity index (χ1n) is 9.76. The lowest BCUT2D eigenvalue weighted by Gasteiger charge is -2.40. The SMILES string of the molecule is Cc1nc2c(cc1Cc1cccc(F)c1)C(=O)N([C@H]1CCCC[C@@H]1O)CC2. The Hall–Kier alpha value is -2.27. The van der Waals surface area contributed by atoms with Gasteiger partial charge in [-0.3, -0.25) is 9.78 Å². The van der Waals surface area contributed by atoms with Gasteiger partial charge in [0.1, 0.15) is 5.82 Å². The number of hydrogen-bond donors (Lipinski definition) is 1. The Morgan fingerprint density at radius 2 is 2.07 bits per heavy atom. The number of aromatic nitrogens is 1. The normalized spacial score (nSPS) is 22.6. The van der Waals surface area contributed by atoms with Crippen LogP contribution < -0.4 is 0 Å². The molecule has 1 N–H and O–H groups in total. The average Bonchev–Trinajstić information content (AvgIpc) is 2.64. The molecule has 0 radical (unpaired) electrons. The number of aliphatic hydroxyl groups excluding tert-OH is 1. The molecular formula is C22H25FN2O2. The van der Waals surface area contributed by atoms with Gasteiger partial charge < -0.3 is 10.0 Å². The van der Waals surface area contributed by atoms with Crippen LogP contribution in [0.5, 0.6) is 0 Å². The molecule has 4 nitrogen and oxygen atoms in total. The van der Waals surface area contributed by atoms with Crippen molar-refractivity contribution >= 4 is 5.91 Å². The van der Waals surface area contributed by atoms with Crippen LogP contribution in [0, 0.1) is 12.7 Å². The zero-order valence-electron chi connectivity index (χ0n) is 15.6. The van der Waals surface area contributed by atoms with Gasteiger partial charge in [0.05, 0.1) is 23.4 Å². The molecule has 2 aliphatic rings. The van der Waals surface area contributed by atoms with Crippen LogP contribution in [0.3, 0.4) is 0 Å². The van der Waals surface area contributed by atoms with Crippen molar-refractivity contribution in [1.29, 1.82) is 0 Å². The summed E-state index contributed by atoms with van der Waals surface area (Å²) in [6.45, 7) is 2.56. The predicted molar refractivity (Wildman–Crippen MR) is 101 cm³/mol. The predicted octanol–water partition coefficient (Wildman–Crippen LogP) is 3.42. The van der Waals surface area contributed by atoms with Gasteiger partial charge in [-0.25, -0.2) is 4.39 Å². The van der Waals surface area contributed by atoms with Gasteiger partial charge in [0, 0.05) is 18.7 Å². The Bertz CT molecular complexity index is 867. The zero-order valence-corrected chi connectivity index (χ0v) is 15.6. The van der Waals surface area contributed by atoms with Gasteiger partial charge in [0.25, 0.3) is 5.91 Å². The number of carbonyl (C=O) groups excluding carboxylic acids is 1. The second-order valence-corrected chi connectivity index (χ2v) is 7.70. The third kappa shape index (κ3) is 3.61. The van der Waals surface area contributed by atoms with E-state index in [1.54, 1.807) is 6.07 Å². The molecule has 0 saturated heterocycles. The van der Waals surface area contributed by atoms with E-state index in [-0.39, 0.29) is 17.8 Å². The van der Waals surface area contributed by atoms with Crippen LogP contribution in [0.4, 0.5) is 4.39 Å². The van der Waals surface area contributed by atoms with Crippen LogP contribution in [0.2, 0.25) is 0 Å². The van der Waals surface area contributed by atoms with Crippen molar-refractivity contribution in [2.45, 2.75) is 57.6 Å². The van der Waals surface area contributed by atoms with Gasteiger partial charge in [-0.05, 0) is 55.5 Å². The Morgan fingerprint density at radius 3 is 2.85 bits per heavy atom. The highest BCUT2D eigenvalue weighted by Crippen LogP contribution is 2.29. The summed E-state index contributed by atoms with van der Waals surface area (Å²) in [5.41, 5.74) is 4.16. The molecule has 27 heavy (non-hydrogen) atoms. The number of hydrogen-bond acceptors (Lipinski definition) is 3. The smallest absolute Gasteiger partial charge is 0.256 e. The van der Waals surface area contributed by atoms with Crippen LogP contribution >= 0.6 is 0 Å². The lowest BCUT2D eigenvalue weighted by Crippen LogP contribution is -2.51. The van der Waals surface area contributed by atoms with Gasteiger partial charge in [-0.2, -0.15) is 0 Å². The van der Waals surface area contributed by atoms with Crippen LogP contribution in [-0.4, -0.2) is 39.6 Å². The van der Waals surface area contributed by atoms with Gasteiger partial charge in [0.15, 0.2) is 0 Å². The van der Waals surface area contributed by atoms with E-state index in [4.69, 9.17) is 0 Å². The Kier molecular flexibility index (Phi) is 4.96. The van der Waals surface area contributed by atoms with E-state index in [1.807, 2.05) is 24.0 Å². The van der Waals surface area contributed by atoms with Crippen molar-refractivity contribution in [2.24, 2.45) is 0 Å². The highest BCUT2D eigenvalue weighted by molar-refractivity contribution is 5.96. The van der Waals surface area contributed by atoms with E-state index in [0.29, 0.717) is 24.9 Å². The van der Waals surface area contributed by atoms with Gasteiger partial charge in [-0.1, -0.05) is 25.0 Å². The average molecular weight is 368 g/mol. The maximum absolute atomic E-state index is 13.5. The molecule has 5 heteroatoms. The molecule has 0 unspecified atom stereocenters. The lowest BCUT2D eigenvalue weighted by molar-refractivity contribution is 0.0160. The second-order valence-electron chi connectivity index (χ2n) is 7.70. The van der Waals surface area contributed by atoms with Crippen LogP contribution in [0.1, 0.15) is 58.6 Å². The molecule has 2 heterocycles. The number of fused-ring (bicyclic) bond motifs is 1. The molecule has 2 aromatic rings. The first kappa shape index (κ1) is 18.1. The number of amides is 1.